The van der Waals surface area contributed by atoms with Gasteiger partial charge in [0.15, 0.2) is 5.03 Å². The molecule has 0 unspecified atom stereocenters. The molecule has 2 aromatic heterocycles. The van der Waals surface area contributed by atoms with Crippen LogP contribution in [0.1, 0.15) is 16.1 Å². The van der Waals surface area contributed by atoms with Crippen molar-refractivity contribution in [3.05, 3.63) is 32.1 Å². The minimum atomic E-state index is -3.73. The Morgan fingerprint density at radius 2 is 2.26 bits per heavy atom. The highest BCUT2D eigenvalue weighted by Crippen LogP contribution is 2.22. The molecule has 0 atom stereocenters. The Hall–Kier alpha value is -0.740. The maximum atomic E-state index is 12.1. The van der Waals surface area contributed by atoms with Crippen LogP contribution in [0.2, 0.25) is 0 Å². The zero-order valence-corrected chi connectivity index (χ0v) is 13.2. The summed E-state index contributed by atoms with van der Waals surface area (Å²) in [5.41, 5.74) is 0.835. The predicted octanol–water partition coefficient (Wildman–Crippen LogP) is 1.51. The molecule has 3 N–H and O–H groups in total. The number of aliphatic hydroxyl groups is 1. The Balaban J connectivity index is 2.18. The largest absolute Gasteiger partial charge is 0.392 e. The molecule has 2 heterocycles. The van der Waals surface area contributed by atoms with E-state index in [1.807, 2.05) is 12.1 Å². The molecule has 0 aliphatic rings. The SMILES string of the molecule is Cc1[nH]nc(S(=O)(=O)NCc2ccc(Br)s2)c1CO. The monoisotopic (exact) mass is 365 g/mol. The molecule has 6 nitrogen and oxygen atoms in total. The van der Waals surface area contributed by atoms with Gasteiger partial charge in [0.2, 0.25) is 0 Å². The summed E-state index contributed by atoms with van der Waals surface area (Å²) in [5.74, 6) is 0. The molecule has 19 heavy (non-hydrogen) atoms. The molecule has 0 amide bonds. The number of hydrogen-bond acceptors (Lipinski definition) is 5. The summed E-state index contributed by atoms with van der Waals surface area (Å²) >= 11 is 4.77. The van der Waals surface area contributed by atoms with Gasteiger partial charge in [-0.1, -0.05) is 0 Å². The van der Waals surface area contributed by atoms with E-state index in [9.17, 15) is 13.5 Å². The Morgan fingerprint density at radius 3 is 2.84 bits per heavy atom. The van der Waals surface area contributed by atoms with E-state index in [2.05, 4.69) is 30.8 Å². The summed E-state index contributed by atoms with van der Waals surface area (Å²) in [4.78, 5) is 0.883. The molecule has 0 bridgehead atoms. The van der Waals surface area contributed by atoms with Gasteiger partial charge in [0.05, 0.1) is 10.4 Å². The van der Waals surface area contributed by atoms with Crippen LogP contribution < -0.4 is 4.72 Å². The molecule has 0 fully saturated rings. The third kappa shape index (κ3) is 3.23. The van der Waals surface area contributed by atoms with Crippen LogP contribution in [0.25, 0.3) is 0 Å². The number of hydrogen-bond donors (Lipinski definition) is 3. The minimum Gasteiger partial charge on any atom is -0.392 e. The topological polar surface area (TPSA) is 95.1 Å². The summed E-state index contributed by atoms with van der Waals surface area (Å²) in [6.07, 6.45) is 0. The number of aromatic nitrogens is 2. The first-order chi connectivity index (χ1) is 8.94. The summed E-state index contributed by atoms with van der Waals surface area (Å²) in [7, 11) is -3.73. The van der Waals surface area contributed by atoms with Crippen molar-refractivity contribution < 1.29 is 13.5 Å². The van der Waals surface area contributed by atoms with Gasteiger partial charge in [0, 0.05) is 22.7 Å². The smallest absolute Gasteiger partial charge is 0.260 e. The van der Waals surface area contributed by atoms with E-state index in [0.717, 1.165) is 8.66 Å². The highest BCUT2D eigenvalue weighted by atomic mass is 79.9. The van der Waals surface area contributed by atoms with E-state index in [1.165, 1.54) is 11.3 Å². The molecule has 0 aromatic carbocycles. The van der Waals surface area contributed by atoms with Crippen molar-refractivity contribution in [2.45, 2.75) is 25.1 Å². The maximum Gasteiger partial charge on any atom is 0.260 e. The second-order valence-corrected chi connectivity index (χ2v) is 8.05. The molecule has 0 aliphatic heterocycles. The van der Waals surface area contributed by atoms with Gasteiger partial charge in [-0.25, -0.2) is 13.1 Å². The van der Waals surface area contributed by atoms with Crippen molar-refractivity contribution in [1.82, 2.24) is 14.9 Å². The lowest BCUT2D eigenvalue weighted by Crippen LogP contribution is -2.24. The molecule has 0 saturated heterocycles. The fourth-order valence-electron chi connectivity index (χ4n) is 1.52. The third-order valence-corrected chi connectivity index (χ3v) is 5.51. The van der Waals surface area contributed by atoms with Crippen molar-refractivity contribution >= 4 is 37.3 Å². The van der Waals surface area contributed by atoms with Gasteiger partial charge < -0.3 is 5.11 Å². The Morgan fingerprint density at radius 1 is 1.53 bits per heavy atom. The number of rotatable bonds is 5. The van der Waals surface area contributed by atoms with Gasteiger partial charge in [-0.2, -0.15) is 5.10 Å². The van der Waals surface area contributed by atoms with Crippen molar-refractivity contribution in [3.63, 3.8) is 0 Å². The van der Waals surface area contributed by atoms with Gasteiger partial charge >= 0.3 is 0 Å². The fraction of sp³-hybridized carbons (Fsp3) is 0.300. The number of aliphatic hydroxyl groups excluding tert-OH is 1. The second-order valence-electron chi connectivity index (χ2n) is 3.82. The van der Waals surface area contributed by atoms with Crippen molar-refractivity contribution in [3.8, 4) is 0 Å². The average Bonchev–Trinajstić information content (AvgIpc) is 2.93. The Kier molecular flexibility index (Phi) is 4.41. The van der Waals surface area contributed by atoms with E-state index >= 15 is 0 Å². The Bertz CT molecular complexity index is 678. The first kappa shape index (κ1) is 14.7. The normalized spacial score (nSPS) is 11.9. The molecule has 0 saturated carbocycles. The lowest BCUT2D eigenvalue weighted by Gasteiger charge is -2.04. The van der Waals surface area contributed by atoms with Crippen LogP contribution in [0, 0.1) is 6.92 Å². The van der Waals surface area contributed by atoms with E-state index in [4.69, 9.17) is 0 Å². The predicted molar refractivity (Wildman–Crippen MR) is 75.3 cm³/mol. The van der Waals surface area contributed by atoms with Crippen LogP contribution in [0.4, 0.5) is 0 Å². The fourth-order valence-corrected chi connectivity index (χ4v) is 4.22. The van der Waals surface area contributed by atoms with E-state index < -0.39 is 10.0 Å². The number of halogens is 1. The molecule has 2 rings (SSSR count). The van der Waals surface area contributed by atoms with E-state index in [1.54, 1.807) is 6.92 Å². The van der Waals surface area contributed by atoms with Gasteiger partial charge in [-0.3, -0.25) is 5.10 Å². The van der Waals surface area contributed by atoms with Crippen LogP contribution in [0.5, 0.6) is 0 Å². The zero-order chi connectivity index (χ0) is 14.0. The number of thiophene rings is 1. The summed E-state index contributed by atoms with van der Waals surface area (Å²) in [6, 6.07) is 3.69. The van der Waals surface area contributed by atoms with E-state index in [0.29, 0.717) is 11.3 Å². The number of nitrogens with one attached hydrogen (secondary N) is 2. The van der Waals surface area contributed by atoms with Crippen LogP contribution >= 0.6 is 27.3 Å². The van der Waals surface area contributed by atoms with Gasteiger partial charge in [0.25, 0.3) is 10.0 Å². The molecule has 104 valence electrons. The molecular formula is C10H12BrN3O3S2. The number of sulfonamides is 1. The lowest BCUT2D eigenvalue weighted by atomic mass is 10.3. The number of aromatic amines is 1. The van der Waals surface area contributed by atoms with Crippen molar-refractivity contribution in [1.29, 1.82) is 0 Å². The molecule has 9 heteroatoms. The quantitative estimate of drug-likeness (QED) is 0.748. The van der Waals surface area contributed by atoms with Crippen LogP contribution in [0.3, 0.4) is 0 Å². The number of nitrogens with zero attached hydrogens (tertiary/aromatic N) is 1. The molecule has 0 aliphatic carbocycles. The van der Waals surface area contributed by atoms with Crippen LogP contribution in [-0.4, -0.2) is 23.7 Å². The standard InChI is InChI=1S/C10H12BrN3O3S2/c1-6-8(5-15)10(14-13-6)19(16,17)12-4-7-2-3-9(11)18-7/h2-3,12,15H,4-5H2,1H3,(H,13,14). The minimum absolute atomic E-state index is 0.150. The zero-order valence-electron chi connectivity index (χ0n) is 9.97. The summed E-state index contributed by atoms with van der Waals surface area (Å²) in [5, 5.41) is 15.3. The maximum absolute atomic E-state index is 12.1. The first-order valence-electron chi connectivity index (χ1n) is 5.32. The Labute approximate surface area is 123 Å². The average molecular weight is 366 g/mol. The second kappa shape index (κ2) is 5.71. The molecule has 0 spiro atoms. The van der Waals surface area contributed by atoms with Gasteiger partial charge in [-0.05, 0) is 35.0 Å². The number of aryl methyl sites for hydroxylation is 1. The van der Waals surface area contributed by atoms with Crippen LogP contribution in [0.15, 0.2) is 20.9 Å². The summed E-state index contributed by atoms with van der Waals surface area (Å²) in [6.45, 7) is 1.48. The van der Waals surface area contributed by atoms with Crippen molar-refractivity contribution in [2.24, 2.45) is 0 Å². The molecular weight excluding hydrogens is 354 g/mol. The van der Waals surface area contributed by atoms with Crippen molar-refractivity contribution in [2.75, 3.05) is 0 Å². The first-order valence-corrected chi connectivity index (χ1v) is 8.42. The summed E-state index contributed by atoms with van der Waals surface area (Å²) < 4.78 is 27.6. The number of H-pyrrole nitrogens is 1. The van der Waals surface area contributed by atoms with Gasteiger partial charge in [0.1, 0.15) is 0 Å². The van der Waals surface area contributed by atoms with Crippen LogP contribution in [-0.2, 0) is 23.2 Å². The molecule has 0 radical (unpaired) electrons. The van der Waals surface area contributed by atoms with Gasteiger partial charge in [-0.15, -0.1) is 11.3 Å². The van der Waals surface area contributed by atoms with E-state index in [-0.39, 0.29) is 18.2 Å². The highest BCUT2D eigenvalue weighted by molar-refractivity contribution is 9.11. The molecule has 2 aromatic rings. The third-order valence-electron chi connectivity index (χ3n) is 2.51. The highest BCUT2D eigenvalue weighted by Gasteiger charge is 2.23. The lowest BCUT2D eigenvalue weighted by molar-refractivity contribution is 0.277.